The van der Waals surface area contributed by atoms with Gasteiger partial charge >= 0.3 is 0 Å². The Labute approximate surface area is 162 Å². The third-order valence-corrected chi connectivity index (χ3v) is 5.43. The lowest BCUT2D eigenvalue weighted by molar-refractivity contribution is -1.02. The normalized spacial score (nSPS) is 20.8. The zero-order valence-electron chi connectivity index (χ0n) is 15.8. The second-order valence-corrected chi connectivity index (χ2v) is 7.39. The molecule has 28 heavy (non-hydrogen) atoms. The van der Waals surface area contributed by atoms with Gasteiger partial charge in [0.05, 0.1) is 19.2 Å². The quantitative estimate of drug-likeness (QED) is 0.622. The largest absolute Gasteiger partial charge is 0.328 e. The van der Waals surface area contributed by atoms with Gasteiger partial charge in [-0.05, 0) is 40.3 Å². The first kappa shape index (κ1) is 18.6. The van der Waals surface area contributed by atoms with E-state index in [1.807, 2.05) is 12.1 Å². The Kier molecular flexibility index (Phi) is 5.40. The second-order valence-electron chi connectivity index (χ2n) is 7.39. The van der Waals surface area contributed by atoms with E-state index in [0.29, 0.717) is 17.9 Å². The maximum Gasteiger partial charge on any atom is 0.214 e. The van der Waals surface area contributed by atoms with Crippen molar-refractivity contribution >= 4 is 0 Å². The Bertz CT molecular complexity index is 918. The molecule has 0 unspecified atom stereocenters. The van der Waals surface area contributed by atoms with E-state index in [2.05, 4.69) is 22.6 Å². The number of piperazine rings is 1. The predicted octanol–water partition coefficient (Wildman–Crippen LogP) is -0.498. The molecular weight excluding hydrogens is 362 g/mol. The summed E-state index contributed by atoms with van der Waals surface area (Å²) in [6, 6.07) is 12.8. The zero-order chi connectivity index (χ0) is 19.5. The SMILES string of the molecule is C[NH+]1CC[NH+]([C@@H](c2ccccc2F)c2nnnn2Cc2ccc(F)cc2)CC1. The molecule has 6 nitrogen and oxygen atoms in total. The summed E-state index contributed by atoms with van der Waals surface area (Å²) in [6.07, 6.45) is 0. The summed E-state index contributed by atoms with van der Waals surface area (Å²) in [5.74, 6) is 0.0980. The van der Waals surface area contributed by atoms with E-state index in [4.69, 9.17) is 0 Å². The lowest BCUT2D eigenvalue weighted by atomic mass is 10.0. The van der Waals surface area contributed by atoms with Gasteiger partial charge in [-0.3, -0.25) is 0 Å². The van der Waals surface area contributed by atoms with Gasteiger partial charge in [-0.2, -0.15) is 0 Å². The average molecular weight is 386 g/mol. The number of likely N-dealkylation sites (N-methyl/N-ethyl adjacent to an activating group) is 1. The molecule has 4 rings (SSSR count). The molecule has 0 spiro atoms. The van der Waals surface area contributed by atoms with Crippen LogP contribution in [0.4, 0.5) is 8.78 Å². The highest BCUT2D eigenvalue weighted by Crippen LogP contribution is 2.21. The third-order valence-electron chi connectivity index (χ3n) is 5.43. The highest BCUT2D eigenvalue weighted by Gasteiger charge is 2.36. The van der Waals surface area contributed by atoms with Crippen LogP contribution in [0.25, 0.3) is 0 Å². The van der Waals surface area contributed by atoms with Crippen molar-refractivity contribution in [1.29, 1.82) is 0 Å². The van der Waals surface area contributed by atoms with Crippen LogP contribution in [-0.4, -0.2) is 53.4 Å². The summed E-state index contributed by atoms with van der Waals surface area (Å²) in [7, 11) is 2.17. The summed E-state index contributed by atoms with van der Waals surface area (Å²) in [5, 5.41) is 12.3. The fraction of sp³-hybridized carbons (Fsp3) is 0.350. The topological polar surface area (TPSA) is 52.5 Å². The fourth-order valence-electron chi connectivity index (χ4n) is 3.83. The smallest absolute Gasteiger partial charge is 0.214 e. The van der Waals surface area contributed by atoms with Crippen molar-refractivity contribution in [1.82, 2.24) is 20.2 Å². The summed E-state index contributed by atoms with van der Waals surface area (Å²) in [5.41, 5.74) is 1.49. The van der Waals surface area contributed by atoms with E-state index >= 15 is 0 Å². The van der Waals surface area contributed by atoms with Gasteiger partial charge < -0.3 is 9.80 Å². The molecule has 2 aromatic carbocycles. The molecule has 3 aromatic rings. The summed E-state index contributed by atoms with van der Waals surface area (Å²) < 4.78 is 29.6. The van der Waals surface area contributed by atoms with E-state index < -0.39 is 0 Å². The number of benzene rings is 2. The summed E-state index contributed by atoms with van der Waals surface area (Å²) in [6.45, 7) is 4.26. The molecular formula is C20H24F2N6+2. The first-order chi connectivity index (χ1) is 13.6. The molecule has 1 aromatic heterocycles. The van der Waals surface area contributed by atoms with Gasteiger partial charge in [0.2, 0.25) is 5.82 Å². The zero-order valence-corrected chi connectivity index (χ0v) is 15.8. The Hall–Kier alpha value is -2.71. The third kappa shape index (κ3) is 3.93. The minimum atomic E-state index is -0.287. The van der Waals surface area contributed by atoms with Crippen LogP contribution in [0.1, 0.15) is 23.0 Å². The molecule has 0 aliphatic carbocycles. The molecule has 1 saturated heterocycles. The number of hydrogen-bond acceptors (Lipinski definition) is 3. The lowest BCUT2D eigenvalue weighted by Crippen LogP contribution is -3.27. The van der Waals surface area contributed by atoms with E-state index in [1.54, 1.807) is 22.9 Å². The summed E-state index contributed by atoms with van der Waals surface area (Å²) in [4.78, 5) is 2.73. The lowest BCUT2D eigenvalue weighted by Gasteiger charge is -2.32. The van der Waals surface area contributed by atoms with Crippen molar-refractivity contribution in [3.05, 3.63) is 77.1 Å². The molecule has 0 bridgehead atoms. The van der Waals surface area contributed by atoms with Crippen LogP contribution in [-0.2, 0) is 6.54 Å². The number of rotatable bonds is 5. The molecule has 0 radical (unpaired) electrons. The molecule has 0 amide bonds. The minimum absolute atomic E-state index is 0.248. The van der Waals surface area contributed by atoms with Crippen molar-refractivity contribution in [2.45, 2.75) is 12.6 Å². The maximum absolute atomic E-state index is 14.7. The Balaban J connectivity index is 1.70. The monoisotopic (exact) mass is 386 g/mol. The number of quaternary nitrogens is 2. The second kappa shape index (κ2) is 8.12. The predicted molar refractivity (Wildman–Crippen MR) is 98.9 cm³/mol. The number of halogens is 2. The van der Waals surface area contributed by atoms with E-state index in [0.717, 1.165) is 31.7 Å². The van der Waals surface area contributed by atoms with Crippen LogP contribution >= 0.6 is 0 Å². The number of tetrazole rings is 1. The standard InChI is InChI=1S/C20H22F2N6/c1-26-10-12-27(13-11-26)19(17-4-2-3-5-18(17)22)20-23-24-25-28(20)14-15-6-8-16(21)9-7-15/h2-9,19H,10-14H2,1H3/p+2/t19-/m0/s1. The van der Waals surface area contributed by atoms with E-state index in [1.165, 1.54) is 28.0 Å². The van der Waals surface area contributed by atoms with Crippen LogP contribution in [0, 0.1) is 11.6 Å². The molecule has 2 heterocycles. The first-order valence-corrected chi connectivity index (χ1v) is 9.52. The van der Waals surface area contributed by atoms with Gasteiger partial charge in [-0.25, -0.2) is 13.5 Å². The van der Waals surface area contributed by atoms with Crippen LogP contribution in [0.5, 0.6) is 0 Å². The van der Waals surface area contributed by atoms with Crippen LogP contribution in [0.15, 0.2) is 48.5 Å². The summed E-state index contributed by atoms with van der Waals surface area (Å²) >= 11 is 0. The number of aromatic nitrogens is 4. The van der Waals surface area contributed by atoms with E-state index in [-0.39, 0.29) is 17.7 Å². The van der Waals surface area contributed by atoms with Gasteiger partial charge in [0.1, 0.15) is 37.8 Å². The molecule has 146 valence electrons. The number of nitrogens with one attached hydrogen (secondary N) is 2. The highest BCUT2D eigenvalue weighted by molar-refractivity contribution is 5.25. The van der Waals surface area contributed by atoms with Crippen molar-refractivity contribution in [3.63, 3.8) is 0 Å². The molecule has 8 heteroatoms. The Morgan fingerprint density at radius 1 is 1.00 bits per heavy atom. The fourth-order valence-corrected chi connectivity index (χ4v) is 3.83. The first-order valence-electron chi connectivity index (χ1n) is 9.52. The Morgan fingerprint density at radius 3 is 2.43 bits per heavy atom. The van der Waals surface area contributed by atoms with Crippen molar-refractivity contribution in [2.24, 2.45) is 0 Å². The minimum Gasteiger partial charge on any atom is -0.328 e. The van der Waals surface area contributed by atoms with Gasteiger partial charge in [0.25, 0.3) is 0 Å². The molecule has 1 atom stereocenters. The van der Waals surface area contributed by atoms with Crippen LogP contribution < -0.4 is 9.80 Å². The maximum atomic E-state index is 14.7. The molecule has 1 aliphatic heterocycles. The highest BCUT2D eigenvalue weighted by atomic mass is 19.1. The van der Waals surface area contributed by atoms with Crippen molar-refractivity contribution in [2.75, 3.05) is 33.2 Å². The number of hydrogen-bond donors (Lipinski definition) is 2. The van der Waals surface area contributed by atoms with Crippen LogP contribution in [0.3, 0.4) is 0 Å². The average Bonchev–Trinajstić information content (AvgIpc) is 3.14. The number of nitrogens with zero attached hydrogens (tertiary/aromatic N) is 4. The van der Waals surface area contributed by atoms with Crippen molar-refractivity contribution < 1.29 is 18.6 Å². The molecule has 2 N–H and O–H groups in total. The van der Waals surface area contributed by atoms with Gasteiger partial charge in [-0.1, -0.05) is 24.3 Å². The van der Waals surface area contributed by atoms with Crippen LogP contribution in [0.2, 0.25) is 0 Å². The van der Waals surface area contributed by atoms with Gasteiger partial charge in [0.15, 0.2) is 6.04 Å². The van der Waals surface area contributed by atoms with Crippen molar-refractivity contribution in [3.8, 4) is 0 Å². The molecule has 0 saturated carbocycles. The Morgan fingerprint density at radius 2 is 1.71 bits per heavy atom. The van der Waals surface area contributed by atoms with Gasteiger partial charge in [-0.15, -0.1) is 5.10 Å². The molecule has 1 aliphatic rings. The van der Waals surface area contributed by atoms with E-state index in [9.17, 15) is 8.78 Å². The van der Waals surface area contributed by atoms with Gasteiger partial charge in [0, 0.05) is 0 Å². The molecule has 1 fully saturated rings.